The molecule has 0 unspecified atom stereocenters. The Kier molecular flexibility index (Phi) is 5.12. The van der Waals surface area contributed by atoms with Crippen molar-refractivity contribution in [1.82, 2.24) is 4.98 Å². The molecule has 1 aromatic heterocycles. The Hall–Kier alpha value is -1.26. The van der Waals surface area contributed by atoms with Crippen LogP contribution in [0, 0.1) is 6.92 Å². The molecule has 0 atom stereocenters. The fourth-order valence-electron chi connectivity index (χ4n) is 3.45. The lowest BCUT2D eigenvalue weighted by Gasteiger charge is -2.36. The van der Waals surface area contributed by atoms with E-state index in [1.54, 1.807) is 0 Å². The smallest absolute Gasteiger partial charge is 0.0726 e. The van der Waals surface area contributed by atoms with Crippen LogP contribution >= 0.6 is 11.8 Å². The Bertz CT molecular complexity index is 680. The van der Waals surface area contributed by atoms with Crippen LogP contribution in [0.1, 0.15) is 31.0 Å². The maximum atomic E-state index is 5.56. The topological polar surface area (TPSA) is 34.2 Å². The average Bonchev–Trinajstić information content (AvgIpc) is 2.60. The molecule has 2 aromatic rings. The summed E-state index contributed by atoms with van der Waals surface area (Å²) >= 11 is 1.98. The van der Waals surface area contributed by atoms with Gasteiger partial charge in [-0.15, -0.1) is 0 Å². The fourth-order valence-corrected chi connectivity index (χ4v) is 4.25. The number of rotatable bonds is 5. The van der Waals surface area contributed by atoms with E-state index in [1.807, 2.05) is 11.8 Å². The van der Waals surface area contributed by atoms with Crippen molar-refractivity contribution in [3.8, 4) is 0 Å². The number of thioether (sulfide) groups is 1. The summed E-state index contributed by atoms with van der Waals surface area (Å²) in [6, 6.07) is 8.44. The number of pyridine rings is 1. The van der Waals surface area contributed by atoms with Crippen LogP contribution in [0.3, 0.4) is 0 Å². The van der Waals surface area contributed by atoms with Gasteiger partial charge in [0.1, 0.15) is 0 Å². The quantitative estimate of drug-likeness (QED) is 0.879. The second-order valence-electron chi connectivity index (χ2n) is 6.27. The Labute approximate surface area is 143 Å². The number of nitrogens with zero attached hydrogens (tertiary/aromatic N) is 1. The third-order valence-electron chi connectivity index (χ3n) is 4.98. The van der Waals surface area contributed by atoms with Crippen molar-refractivity contribution in [2.75, 3.05) is 31.3 Å². The standard InChI is InChI=1S/C19H26N2OS/c1-4-15-14(2)21-17-8-6-5-7-16(17)18(15)20-13-19(23-3)9-11-22-12-10-19/h5-8H,4,9-13H2,1-3H3,(H,20,21). The molecular formula is C19H26N2OS. The first-order valence-electron chi connectivity index (χ1n) is 8.44. The zero-order chi connectivity index (χ0) is 16.3. The van der Waals surface area contributed by atoms with Gasteiger partial charge in [0.15, 0.2) is 0 Å². The van der Waals surface area contributed by atoms with Crippen LogP contribution in [-0.2, 0) is 11.2 Å². The van der Waals surface area contributed by atoms with Gasteiger partial charge >= 0.3 is 0 Å². The van der Waals surface area contributed by atoms with E-state index in [0.29, 0.717) is 0 Å². The summed E-state index contributed by atoms with van der Waals surface area (Å²) in [5.74, 6) is 0. The number of nitrogens with one attached hydrogen (secondary N) is 1. The van der Waals surface area contributed by atoms with E-state index in [1.165, 1.54) is 16.6 Å². The third kappa shape index (κ3) is 3.33. The van der Waals surface area contributed by atoms with E-state index < -0.39 is 0 Å². The molecule has 0 amide bonds. The normalized spacial score (nSPS) is 17.3. The zero-order valence-electron chi connectivity index (χ0n) is 14.3. The average molecular weight is 330 g/mol. The molecule has 4 heteroatoms. The van der Waals surface area contributed by atoms with E-state index in [0.717, 1.165) is 50.2 Å². The summed E-state index contributed by atoms with van der Waals surface area (Å²) in [5, 5.41) is 5.03. The number of fused-ring (bicyclic) bond motifs is 1. The van der Waals surface area contributed by atoms with Crippen LogP contribution in [0.15, 0.2) is 24.3 Å². The predicted molar refractivity (Wildman–Crippen MR) is 101 cm³/mol. The van der Waals surface area contributed by atoms with Gasteiger partial charge in [0.2, 0.25) is 0 Å². The highest BCUT2D eigenvalue weighted by atomic mass is 32.2. The molecule has 2 heterocycles. The molecule has 3 nitrogen and oxygen atoms in total. The molecule has 3 rings (SSSR count). The molecule has 23 heavy (non-hydrogen) atoms. The number of anilines is 1. The van der Waals surface area contributed by atoms with Crippen molar-refractivity contribution >= 4 is 28.4 Å². The highest BCUT2D eigenvalue weighted by Gasteiger charge is 2.31. The van der Waals surface area contributed by atoms with Gasteiger partial charge < -0.3 is 10.1 Å². The third-order valence-corrected chi connectivity index (χ3v) is 6.40. The van der Waals surface area contributed by atoms with Gasteiger partial charge in [-0.25, -0.2) is 0 Å². The summed E-state index contributed by atoms with van der Waals surface area (Å²) in [6.07, 6.45) is 5.46. The molecule has 1 fully saturated rings. The second kappa shape index (κ2) is 7.10. The Morgan fingerprint density at radius 1 is 1.26 bits per heavy atom. The van der Waals surface area contributed by atoms with Crippen LogP contribution in [0.25, 0.3) is 10.9 Å². The van der Waals surface area contributed by atoms with Gasteiger partial charge in [-0.1, -0.05) is 25.1 Å². The summed E-state index contributed by atoms with van der Waals surface area (Å²) in [5.41, 5.74) is 4.83. The molecule has 1 N–H and O–H groups in total. The molecule has 1 aliphatic rings. The monoisotopic (exact) mass is 330 g/mol. The first-order valence-corrected chi connectivity index (χ1v) is 9.66. The summed E-state index contributed by atoms with van der Waals surface area (Å²) in [6.45, 7) is 7.06. The lowest BCUT2D eigenvalue weighted by molar-refractivity contribution is 0.0802. The summed E-state index contributed by atoms with van der Waals surface area (Å²) in [4.78, 5) is 4.77. The number of aryl methyl sites for hydroxylation is 1. The maximum Gasteiger partial charge on any atom is 0.0726 e. The van der Waals surface area contributed by atoms with Crippen LogP contribution in [0.4, 0.5) is 5.69 Å². The van der Waals surface area contributed by atoms with Crippen molar-refractivity contribution in [1.29, 1.82) is 0 Å². The van der Waals surface area contributed by atoms with Crippen molar-refractivity contribution in [2.24, 2.45) is 0 Å². The van der Waals surface area contributed by atoms with E-state index >= 15 is 0 Å². The first kappa shape index (κ1) is 16.6. The number of hydrogen-bond acceptors (Lipinski definition) is 4. The van der Waals surface area contributed by atoms with E-state index in [4.69, 9.17) is 9.72 Å². The lowest BCUT2D eigenvalue weighted by Crippen LogP contribution is -2.39. The molecule has 1 saturated heterocycles. The van der Waals surface area contributed by atoms with E-state index in [-0.39, 0.29) is 4.75 Å². The number of benzene rings is 1. The minimum absolute atomic E-state index is 0.279. The molecule has 1 aliphatic heterocycles. The molecular weight excluding hydrogens is 304 g/mol. The molecule has 0 aliphatic carbocycles. The fraction of sp³-hybridized carbons (Fsp3) is 0.526. The summed E-state index contributed by atoms with van der Waals surface area (Å²) < 4.78 is 5.84. The summed E-state index contributed by atoms with van der Waals surface area (Å²) in [7, 11) is 0. The molecule has 0 bridgehead atoms. The molecule has 124 valence electrons. The highest BCUT2D eigenvalue weighted by Crippen LogP contribution is 2.36. The van der Waals surface area contributed by atoms with Crippen LogP contribution < -0.4 is 5.32 Å². The van der Waals surface area contributed by atoms with Crippen LogP contribution in [-0.4, -0.2) is 35.7 Å². The van der Waals surface area contributed by atoms with Gasteiger partial charge in [0.25, 0.3) is 0 Å². The van der Waals surface area contributed by atoms with Gasteiger partial charge in [-0.2, -0.15) is 11.8 Å². The van der Waals surface area contributed by atoms with Crippen LogP contribution in [0.2, 0.25) is 0 Å². The van der Waals surface area contributed by atoms with Gasteiger partial charge in [0, 0.05) is 41.3 Å². The Morgan fingerprint density at radius 3 is 2.70 bits per heavy atom. The number of aromatic nitrogens is 1. The van der Waals surface area contributed by atoms with Gasteiger partial charge in [0.05, 0.1) is 5.52 Å². The zero-order valence-corrected chi connectivity index (χ0v) is 15.1. The van der Waals surface area contributed by atoms with E-state index in [2.05, 4.69) is 49.7 Å². The SMILES string of the molecule is CCc1c(C)nc2ccccc2c1NCC1(SC)CCOCC1. The van der Waals surface area contributed by atoms with E-state index in [9.17, 15) is 0 Å². The van der Waals surface area contributed by atoms with Gasteiger partial charge in [-0.05, 0) is 44.1 Å². The minimum atomic E-state index is 0.279. The largest absolute Gasteiger partial charge is 0.383 e. The molecule has 0 radical (unpaired) electrons. The van der Waals surface area contributed by atoms with Crippen molar-refractivity contribution < 1.29 is 4.74 Å². The van der Waals surface area contributed by atoms with Crippen LogP contribution in [0.5, 0.6) is 0 Å². The Morgan fingerprint density at radius 2 is 2.00 bits per heavy atom. The maximum absolute atomic E-state index is 5.56. The predicted octanol–water partition coefficient (Wildman–Crippen LogP) is 4.43. The van der Waals surface area contributed by atoms with Crippen molar-refractivity contribution in [2.45, 2.75) is 37.9 Å². The molecule has 0 spiro atoms. The Balaban J connectivity index is 1.95. The lowest BCUT2D eigenvalue weighted by atomic mass is 9.97. The first-order chi connectivity index (χ1) is 11.2. The molecule has 1 aromatic carbocycles. The van der Waals surface area contributed by atoms with Crippen molar-refractivity contribution in [3.63, 3.8) is 0 Å². The second-order valence-corrected chi connectivity index (χ2v) is 7.55. The minimum Gasteiger partial charge on any atom is -0.383 e. The number of para-hydroxylation sites is 1. The number of ether oxygens (including phenoxy) is 1. The molecule has 0 saturated carbocycles. The van der Waals surface area contributed by atoms with Gasteiger partial charge in [-0.3, -0.25) is 4.98 Å². The van der Waals surface area contributed by atoms with Crippen molar-refractivity contribution in [3.05, 3.63) is 35.5 Å². The highest BCUT2D eigenvalue weighted by molar-refractivity contribution is 8.00. The number of hydrogen-bond donors (Lipinski definition) is 1.